The molecule has 0 bridgehead atoms. The van der Waals surface area contributed by atoms with E-state index in [1.165, 1.54) is 0 Å². The summed E-state index contributed by atoms with van der Waals surface area (Å²) in [6.07, 6.45) is 0.679. The summed E-state index contributed by atoms with van der Waals surface area (Å²) >= 11 is 5.72. The highest BCUT2D eigenvalue weighted by molar-refractivity contribution is 6.30. The van der Waals surface area contributed by atoms with Gasteiger partial charge in [0, 0.05) is 10.9 Å². The number of hydrogen-bond donors (Lipinski definition) is 1. The van der Waals surface area contributed by atoms with Crippen LogP contribution in [0.15, 0.2) is 24.3 Å². The van der Waals surface area contributed by atoms with E-state index in [4.69, 9.17) is 17.3 Å². The topological polar surface area (TPSA) is 26.0 Å². The molecule has 1 aromatic carbocycles. The van der Waals surface area contributed by atoms with Crippen LogP contribution >= 0.6 is 11.6 Å². The lowest BCUT2D eigenvalue weighted by Crippen LogP contribution is -2.08. The van der Waals surface area contributed by atoms with E-state index in [9.17, 15) is 4.39 Å². The largest absolute Gasteiger partial charge is 0.330 e. The van der Waals surface area contributed by atoms with Gasteiger partial charge in [0.15, 0.2) is 0 Å². The average Bonchev–Trinajstić information content (AvgIpc) is 2.16. The lowest BCUT2D eigenvalue weighted by molar-refractivity contribution is 0.418. The molecule has 3 heteroatoms. The molecule has 0 aromatic heterocycles. The summed E-state index contributed by atoms with van der Waals surface area (Å²) in [5, 5.41) is 0.675. The smallest absolute Gasteiger partial charge is 0.0963 e. The number of nitrogens with two attached hydrogens (primary N) is 1. The molecule has 0 radical (unpaired) electrons. The Bertz CT molecular complexity index is 248. The van der Waals surface area contributed by atoms with Crippen LogP contribution in [0.25, 0.3) is 0 Å². The molecule has 1 atom stereocenters. The highest BCUT2D eigenvalue weighted by atomic mass is 35.5. The van der Waals surface area contributed by atoms with Crippen LogP contribution in [0.4, 0.5) is 4.39 Å². The zero-order chi connectivity index (χ0) is 9.68. The van der Waals surface area contributed by atoms with Crippen LogP contribution in [0.2, 0.25) is 5.02 Å². The molecular formula is C10H13ClFN. The summed E-state index contributed by atoms with van der Waals surface area (Å²) in [7, 11) is 0. The Balaban J connectivity index is 2.73. The van der Waals surface area contributed by atoms with Gasteiger partial charge in [0.05, 0.1) is 6.67 Å². The van der Waals surface area contributed by atoms with Gasteiger partial charge in [-0.2, -0.15) is 0 Å². The summed E-state index contributed by atoms with van der Waals surface area (Å²) in [4.78, 5) is 0. The second-order valence-electron chi connectivity index (χ2n) is 2.98. The van der Waals surface area contributed by atoms with Crippen molar-refractivity contribution in [1.82, 2.24) is 0 Å². The van der Waals surface area contributed by atoms with Gasteiger partial charge in [-0.25, -0.2) is 0 Å². The molecular weight excluding hydrogens is 189 g/mol. The first-order valence-electron chi connectivity index (χ1n) is 4.29. The fourth-order valence-corrected chi connectivity index (χ4v) is 1.40. The molecule has 0 amide bonds. The standard InChI is InChI=1S/C10H13ClFN/c11-10-3-1-8(2-4-10)9(7-12)5-6-13/h1-4,9H,5-7,13H2. The van der Waals surface area contributed by atoms with Crippen LogP contribution in [0, 0.1) is 0 Å². The van der Waals surface area contributed by atoms with Crippen LogP contribution in [0.3, 0.4) is 0 Å². The van der Waals surface area contributed by atoms with E-state index in [1.54, 1.807) is 12.1 Å². The van der Waals surface area contributed by atoms with E-state index >= 15 is 0 Å². The van der Waals surface area contributed by atoms with Gasteiger partial charge in [0.25, 0.3) is 0 Å². The van der Waals surface area contributed by atoms with Crippen LogP contribution in [0.1, 0.15) is 17.9 Å². The molecule has 1 nitrogen and oxygen atoms in total. The van der Waals surface area contributed by atoms with E-state index in [2.05, 4.69) is 0 Å². The van der Waals surface area contributed by atoms with Crippen molar-refractivity contribution in [2.75, 3.05) is 13.2 Å². The SMILES string of the molecule is NCCC(CF)c1ccc(Cl)cc1. The average molecular weight is 202 g/mol. The predicted molar refractivity (Wildman–Crippen MR) is 53.8 cm³/mol. The Morgan fingerprint density at radius 2 is 1.92 bits per heavy atom. The molecule has 1 rings (SSSR count). The minimum absolute atomic E-state index is 0.0812. The molecule has 0 saturated carbocycles. The zero-order valence-electron chi connectivity index (χ0n) is 7.34. The summed E-state index contributed by atoms with van der Waals surface area (Å²) in [6, 6.07) is 7.25. The Morgan fingerprint density at radius 1 is 1.31 bits per heavy atom. The minimum atomic E-state index is -0.362. The summed E-state index contributed by atoms with van der Waals surface area (Å²) in [5.74, 6) is -0.0812. The molecule has 0 fully saturated rings. The van der Waals surface area contributed by atoms with E-state index in [-0.39, 0.29) is 12.6 Å². The number of hydrogen-bond acceptors (Lipinski definition) is 1. The van der Waals surface area contributed by atoms with Crippen molar-refractivity contribution < 1.29 is 4.39 Å². The summed E-state index contributed by atoms with van der Waals surface area (Å²) < 4.78 is 12.5. The lowest BCUT2D eigenvalue weighted by Gasteiger charge is -2.11. The first-order chi connectivity index (χ1) is 6.27. The highest BCUT2D eigenvalue weighted by Gasteiger charge is 2.09. The van der Waals surface area contributed by atoms with Gasteiger partial charge in [-0.1, -0.05) is 23.7 Å². The number of alkyl halides is 1. The van der Waals surface area contributed by atoms with E-state index in [0.29, 0.717) is 18.0 Å². The highest BCUT2D eigenvalue weighted by Crippen LogP contribution is 2.21. The van der Waals surface area contributed by atoms with Crippen molar-refractivity contribution in [1.29, 1.82) is 0 Å². The molecule has 0 aliphatic carbocycles. The minimum Gasteiger partial charge on any atom is -0.330 e. The quantitative estimate of drug-likeness (QED) is 0.797. The predicted octanol–water partition coefficient (Wildman–Crippen LogP) is 2.74. The Kier molecular flexibility index (Phi) is 4.19. The third kappa shape index (κ3) is 2.98. The van der Waals surface area contributed by atoms with Gasteiger partial charge >= 0.3 is 0 Å². The molecule has 13 heavy (non-hydrogen) atoms. The number of rotatable bonds is 4. The Labute approximate surface area is 82.7 Å². The van der Waals surface area contributed by atoms with Crippen LogP contribution in [-0.2, 0) is 0 Å². The molecule has 0 aliphatic rings. The third-order valence-corrected chi connectivity index (χ3v) is 2.29. The third-order valence-electron chi connectivity index (χ3n) is 2.04. The number of halogens is 2. The summed E-state index contributed by atoms with van der Waals surface area (Å²) in [5.41, 5.74) is 6.35. The molecule has 0 aliphatic heterocycles. The number of benzene rings is 1. The Hall–Kier alpha value is -0.600. The van der Waals surface area contributed by atoms with Crippen molar-refractivity contribution in [3.63, 3.8) is 0 Å². The zero-order valence-corrected chi connectivity index (χ0v) is 8.10. The van der Waals surface area contributed by atoms with E-state index < -0.39 is 0 Å². The second kappa shape index (κ2) is 5.20. The molecule has 72 valence electrons. The normalized spacial score (nSPS) is 12.8. The van der Waals surface area contributed by atoms with Crippen molar-refractivity contribution in [2.24, 2.45) is 5.73 Å². The first kappa shape index (κ1) is 10.5. The molecule has 0 heterocycles. The maximum absolute atomic E-state index is 12.5. The maximum atomic E-state index is 12.5. The van der Waals surface area contributed by atoms with Crippen LogP contribution in [0.5, 0.6) is 0 Å². The van der Waals surface area contributed by atoms with Crippen LogP contribution in [-0.4, -0.2) is 13.2 Å². The fourth-order valence-electron chi connectivity index (χ4n) is 1.27. The van der Waals surface area contributed by atoms with Crippen molar-refractivity contribution >= 4 is 11.6 Å². The van der Waals surface area contributed by atoms with Gasteiger partial charge in [0.1, 0.15) is 0 Å². The molecule has 2 N–H and O–H groups in total. The molecule has 0 saturated heterocycles. The van der Waals surface area contributed by atoms with Crippen molar-refractivity contribution in [3.05, 3.63) is 34.9 Å². The molecule has 1 aromatic rings. The summed E-state index contributed by atoms with van der Waals surface area (Å²) in [6.45, 7) is 0.149. The molecule has 1 unspecified atom stereocenters. The van der Waals surface area contributed by atoms with E-state index in [1.807, 2.05) is 12.1 Å². The second-order valence-corrected chi connectivity index (χ2v) is 3.42. The molecule has 0 spiro atoms. The van der Waals surface area contributed by atoms with Crippen molar-refractivity contribution in [3.8, 4) is 0 Å². The van der Waals surface area contributed by atoms with E-state index in [0.717, 1.165) is 5.56 Å². The monoisotopic (exact) mass is 201 g/mol. The van der Waals surface area contributed by atoms with Gasteiger partial charge in [-0.15, -0.1) is 0 Å². The van der Waals surface area contributed by atoms with Gasteiger partial charge < -0.3 is 5.73 Å². The lowest BCUT2D eigenvalue weighted by atomic mass is 9.97. The maximum Gasteiger partial charge on any atom is 0.0963 e. The van der Waals surface area contributed by atoms with Crippen LogP contribution < -0.4 is 5.73 Å². The van der Waals surface area contributed by atoms with Gasteiger partial charge in [-0.05, 0) is 30.7 Å². The fraction of sp³-hybridized carbons (Fsp3) is 0.400. The van der Waals surface area contributed by atoms with Crippen molar-refractivity contribution in [2.45, 2.75) is 12.3 Å². The van der Waals surface area contributed by atoms with Gasteiger partial charge in [-0.3, -0.25) is 4.39 Å². The Morgan fingerprint density at radius 3 is 2.38 bits per heavy atom. The van der Waals surface area contributed by atoms with Gasteiger partial charge in [0.2, 0.25) is 0 Å². The first-order valence-corrected chi connectivity index (χ1v) is 4.67.